The Kier molecular flexibility index (Phi) is 52.3. The van der Waals surface area contributed by atoms with Gasteiger partial charge >= 0.3 is 29.6 Å². The maximum atomic E-state index is 6.25. The first kappa shape index (κ1) is 2.77. The predicted molar refractivity (Wildman–Crippen MR) is 14.9 cm³/mol. The van der Waals surface area contributed by atoms with E-state index in [2.05, 4.69) is 0 Å². The molecular weight excluding hydrogens is 59.8 g/mol. The van der Waals surface area contributed by atoms with E-state index in [1.807, 2.05) is 0 Å². The number of nitrogens with zero attached hydrogens (tertiary/aromatic N) is 1. The van der Waals surface area contributed by atoms with Crippen molar-refractivity contribution < 1.29 is 29.6 Å². The van der Waals surface area contributed by atoms with Gasteiger partial charge in [0.15, 0.2) is 0 Å². The first-order valence-electron chi connectivity index (χ1n) is 1.96. The second-order valence-electron chi connectivity index (χ2n) is 0. The molecule has 0 rings (SSSR count). The largest absolute Gasteiger partial charge is 1.00 e. The fourth-order valence-electron chi connectivity index (χ4n) is 0. The van der Waals surface area contributed by atoms with E-state index in [1.54, 1.807) is 0 Å². The Bertz CT molecular complexity index is 36.4. The molecule has 0 aliphatic carbocycles. The zero-order valence-corrected chi connectivity index (χ0v) is 4.52. The summed E-state index contributed by atoms with van der Waals surface area (Å²) in [6.07, 6.45) is 0. The first-order valence-corrected chi connectivity index (χ1v) is 0.224. The minimum absolute atomic E-state index is 0. The van der Waals surface area contributed by atoms with Crippen molar-refractivity contribution in [1.82, 2.24) is 0 Å². The van der Waals surface area contributed by atoms with E-state index in [-0.39, 0.29) is 29.6 Å². The minimum atomic E-state index is -1.42. The van der Waals surface area contributed by atoms with Crippen molar-refractivity contribution in [3.63, 3.8) is 0 Å². The Hall–Kier alpha value is 0.555. The quantitative estimate of drug-likeness (QED) is 0.208. The number of rotatable bonds is 0. The van der Waals surface area contributed by atoms with Crippen LogP contribution in [-0.2, 0) is 0 Å². The maximum Gasteiger partial charge on any atom is 1.00 e. The van der Waals surface area contributed by atoms with Crippen LogP contribution < -0.4 is 29.6 Å². The van der Waals surface area contributed by atoms with Gasteiger partial charge in [0.2, 0.25) is 0 Å². The monoisotopic (exact) mass is 66.0 g/mol. The molecule has 0 N–H and O–H groups in total. The van der Waals surface area contributed by atoms with Gasteiger partial charge in [-0.3, -0.25) is 0 Å². The average Bonchev–Trinajstić information content (AvgIpc) is 1.41. The SMILES string of the molecule is [2H]B([2H])[2H].[C-]#N.[Na+]. The molecule has 0 spiro atoms. The van der Waals surface area contributed by atoms with Crippen molar-refractivity contribution in [1.29, 1.82) is 9.27 Å². The van der Waals surface area contributed by atoms with Crippen LogP contribution in [0.5, 0.6) is 0 Å². The average molecular weight is 65.9 g/mol. The van der Waals surface area contributed by atoms with Gasteiger partial charge in [0.25, 0.3) is 0 Å². The van der Waals surface area contributed by atoms with Crippen molar-refractivity contribution in [3.05, 3.63) is 6.57 Å². The third-order valence-electron chi connectivity index (χ3n) is 0. The molecule has 0 unspecified atom stereocenters. The Morgan fingerprint density at radius 1 is 2.00 bits per heavy atom. The van der Waals surface area contributed by atoms with Gasteiger partial charge in [-0.05, 0) is 4.01 Å². The summed E-state index contributed by atoms with van der Waals surface area (Å²) in [7, 11) is -1.42. The van der Waals surface area contributed by atoms with Crippen LogP contribution in [0.1, 0.15) is 0 Å². The summed E-state index contributed by atoms with van der Waals surface area (Å²) in [4.78, 5) is 0. The third kappa shape index (κ3) is 20.1. The summed E-state index contributed by atoms with van der Waals surface area (Å²) in [5.41, 5.74) is 0. The molecule has 0 fully saturated rings. The first-order chi connectivity index (χ1) is 2.73. The summed E-state index contributed by atoms with van der Waals surface area (Å²) in [5.74, 6) is 0. The minimum Gasteiger partial charge on any atom is -0.512 e. The zero-order chi connectivity index (χ0) is 5.58. The van der Waals surface area contributed by atoms with E-state index >= 15 is 0 Å². The van der Waals surface area contributed by atoms with Crippen LogP contribution >= 0.6 is 0 Å². The van der Waals surface area contributed by atoms with Gasteiger partial charge in [0, 0.05) is 0 Å². The summed E-state index contributed by atoms with van der Waals surface area (Å²) in [6, 6.07) is 0. The molecule has 0 saturated heterocycles. The molecule has 0 aromatic carbocycles. The summed E-state index contributed by atoms with van der Waals surface area (Å²) < 4.78 is 17.8. The van der Waals surface area contributed by atoms with Gasteiger partial charge < -0.3 is 11.8 Å². The van der Waals surface area contributed by atoms with Crippen LogP contribution in [0.25, 0.3) is 0 Å². The van der Waals surface area contributed by atoms with E-state index in [1.165, 1.54) is 0 Å². The van der Waals surface area contributed by atoms with Gasteiger partial charge in [-0.2, -0.15) is 0 Å². The molecule has 3 heteroatoms. The van der Waals surface area contributed by atoms with E-state index in [0.717, 1.165) is 0 Å². The fourth-order valence-corrected chi connectivity index (χ4v) is 0. The topological polar surface area (TPSA) is 23.8 Å². The summed E-state index contributed by atoms with van der Waals surface area (Å²) in [6.45, 7) is 4.75. The van der Waals surface area contributed by atoms with Gasteiger partial charge in [-0.15, -0.1) is 0 Å². The van der Waals surface area contributed by atoms with Crippen LogP contribution in [-0.4, -0.2) is 12.3 Å². The van der Waals surface area contributed by atoms with Gasteiger partial charge in [0.1, 0.15) is 0 Å². The molecule has 0 bridgehead atoms. The fraction of sp³-hybridized carbons (Fsp3) is 0. The van der Waals surface area contributed by atoms with Crippen molar-refractivity contribution in [2.24, 2.45) is 0 Å². The zero-order valence-electron chi connectivity index (χ0n) is 5.52. The molecule has 1 nitrogen and oxygen atoms in total. The van der Waals surface area contributed by atoms with Crippen molar-refractivity contribution >= 4 is 8.30 Å². The standard InChI is InChI=1S/CN.BH3.Na/c1-2;;/h;1H3;/q-1;;+1/i;1D3;. The maximum absolute atomic E-state index is 6.25. The Morgan fingerprint density at radius 2 is 2.00 bits per heavy atom. The molecule has 0 atom stereocenters. The Morgan fingerprint density at radius 3 is 2.00 bits per heavy atom. The Labute approximate surface area is 53.9 Å². The molecule has 0 radical (unpaired) electrons. The van der Waals surface area contributed by atoms with Crippen molar-refractivity contribution in [2.45, 2.75) is 0 Å². The van der Waals surface area contributed by atoms with Crippen LogP contribution in [0.15, 0.2) is 0 Å². The molecule has 0 aromatic rings. The van der Waals surface area contributed by atoms with E-state index in [9.17, 15) is 0 Å². The normalized spacial score (nSPS) is 8.00. The van der Waals surface area contributed by atoms with Crippen molar-refractivity contribution in [3.8, 4) is 0 Å². The molecule has 0 saturated carbocycles. The Balaban J connectivity index is -0.0000000480. The molecule has 16 valence electrons. The molecular formula is CH3BNNa. The number of hydrogen-bond donors (Lipinski definition) is 0. The van der Waals surface area contributed by atoms with Crippen LogP contribution in [0.4, 0.5) is 0 Å². The second-order valence-corrected chi connectivity index (χ2v) is 0. The van der Waals surface area contributed by atoms with Gasteiger partial charge in [0.05, 0.1) is 8.30 Å². The van der Waals surface area contributed by atoms with Crippen molar-refractivity contribution in [2.75, 3.05) is 0 Å². The summed E-state index contributed by atoms with van der Waals surface area (Å²) >= 11 is 0. The predicted octanol–water partition coefficient (Wildman–Crippen LogP) is -4.08. The summed E-state index contributed by atoms with van der Waals surface area (Å²) in [5, 5.41) is 6.25. The molecule has 0 heterocycles. The smallest absolute Gasteiger partial charge is 0.512 e. The van der Waals surface area contributed by atoms with Gasteiger partial charge in [-0.25, -0.2) is 0 Å². The number of hydrogen-bond acceptors (Lipinski definition) is 1. The third-order valence-corrected chi connectivity index (χ3v) is 0. The van der Waals surface area contributed by atoms with Crippen LogP contribution in [0, 0.1) is 11.8 Å². The molecule has 0 aliphatic heterocycles. The van der Waals surface area contributed by atoms with E-state index in [4.69, 9.17) is 15.8 Å². The molecule has 0 aromatic heterocycles. The van der Waals surface area contributed by atoms with Gasteiger partial charge in [-0.1, -0.05) is 0 Å². The molecule has 0 aliphatic rings. The molecule has 4 heavy (non-hydrogen) atoms. The van der Waals surface area contributed by atoms with Crippen LogP contribution in [0.2, 0.25) is 0 Å². The molecule has 0 amide bonds. The van der Waals surface area contributed by atoms with Crippen LogP contribution in [0.3, 0.4) is 0 Å². The van der Waals surface area contributed by atoms with E-state index in [0.29, 0.717) is 0 Å². The van der Waals surface area contributed by atoms with E-state index < -0.39 is 8.30 Å². The second kappa shape index (κ2) is 75.4.